The number of hydrogen-bond acceptors (Lipinski definition) is 6. The molecule has 2 aromatic carbocycles. The van der Waals surface area contributed by atoms with Crippen molar-refractivity contribution in [1.82, 2.24) is 0 Å². The van der Waals surface area contributed by atoms with Gasteiger partial charge < -0.3 is 25.4 Å². The first kappa shape index (κ1) is 22.4. The Morgan fingerprint density at radius 1 is 0.733 bits per heavy atom. The standard InChI is InChI=1S/C21H23N3O6/c1-14(25)22-15-3-5-16(6-4-15)24-20(27)13-30-21(28)12-11-19(26)23-17-7-9-18(29-2)10-8-17/h3-10H,11-13H2,1-2H3,(H,22,25)(H,23,26)(H,24,27). The number of amides is 3. The Morgan fingerprint density at radius 2 is 1.23 bits per heavy atom. The zero-order chi connectivity index (χ0) is 21.9. The summed E-state index contributed by atoms with van der Waals surface area (Å²) in [4.78, 5) is 46.5. The second-order valence-electron chi connectivity index (χ2n) is 6.24. The van der Waals surface area contributed by atoms with Crippen LogP contribution in [0.2, 0.25) is 0 Å². The van der Waals surface area contributed by atoms with E-state index >= 15 is 0 Å². The van der Waals surface area contributed by atoms with Crippen LogP contribution in [0.1, 0.15) is 19.8 Å². The number of carbonyl (C=O) groups excluding carboxylic acids is 4. The molecule has 9 nitrogen and oxygen atoms in total. The van der Waals surface area contributed by atoms with Crippen molar-refractivity contribution in [2.75, 3.05) is 29.7 Å². The van der Waals surface area contributed by atoms with Crippen LogP contribution in [-0.2, 0) is 23.9 Å². The molecule has 0 saturated carbocycles. The molecule has 2 rings (SSSR count). The van der Waals surface area contributed by atoms with E-state index in [1.807, 2.05) is 0 Å². The van der Waals surface area contributed by atoms with Crippen molar-refractivity contribution < 1.29 is 28.7 Å². The largest absolute Gasteiger partial charge is 0.497 e. The fraction of sp³-hybridized carbons (Fsp3) is 0.238. The normalized spacial score (nSPS) is 9.93. The Balaban J connectivity index is 1.67. The van der Waals surface area contributed by atoms with E-state index in [0.717, 1.165) is 0 Å². The number of methoxy groups -OCH3 is 1. The minimum absolute atomic E-state index is 0.0723. The average Bonchev–Trinajstić information content (AvgIpc) is 2.72. The van der Waals surface area contributed by atoms with Crippen LogP contribution in [0.3, 0.4) is 0 Å². The van der Waals surface area contributed by atoms with Gasteiger partial charge in [0.25, 0.3) is 5.91 Å². The van der Waals surface area contributed by atoms with Crippen molar-refractivity contribution in [3.05, 3.63) is 48.5 Å². The molecule has 0 aliphatic rings. The van der Waals surface area contributed by atoms with E-state index in [1.54, 1.807) is 55.6 Å². The molecule has 0 aliphatic heterocycles. The first-order chi connectivity index (χ1) is 14.4. The van der Waals surface area contributed by atoms with Crippen LogP contribution >= 0.6 is 0 Å². The fourth-order valence-corrected chi connectivity index (χ4v) is 2.37. The van der Waals surface area contributed by atoms with Gasteiger partial charge in [0, 0.05) is 30.4 Å². The van der Waals surface area contributed by atoms with Gasteiger partial charge in [-0.2, -0.15) is 0 Å². The minimum atomic E-state index is -0.656. The first-order valence-corrected chi connectivity index (χ1v) is 9.13. The van der Waals surface area contributed by atoms with Crippen LogP contribution in [0.4, 0.5) is 17.1 Å². The molecule has 0 fully saturated rings. The lowest BCUT2D eigenvalue weighted by atomic mass is 10.2. The summed E-state index contributed by atoms with van der Waals surface area (Å²) in [5.74, 6) is -1.05. The minimum Gasteiger partial charge on any atom is -0.497 e. The number of nitrogens with one attached hydrogen (secondary N) is 3. The van der Waals surface area contributed by atoms with Gasteiger partial charge in [0.1, 0.15) is 5.75 Å². The highest BCUT2D eigenvalue weighted by atomic mass is 16.5. The van der Waals surface area contributed by atoms with Crippen LogP contribution in [0, 0.1) is 0 Å². The third kappa shape index (κ3) is 8.01. The van der Waals surface area contributed by atoms with Crippen LogP contribution in [0.5, 0.6) is 5.75 Å². The Bertz CT molecular complexity index is 894. The third-order valence-electron chi connectivity index (χ3n) is 3.78. The number of carbonyl (C=O) groups is 4. The molecule has 2 aromatic rings. The molecule has 0 atom stereocenters. The average molecular weight is 413 g/mol. The zero-order valence-electron chi connectivity index (χ0n) is 16.7. The number of esters is 1. The summed E-state index contributed by atoms with van der Waals surface area (Å²) in [7, 11) is 1.54. The second kappa shape index (κ2) is 11.2. The highest BCUT2D eigenvalue weighted by Gasteiger charge is 2.11. The molecular weight excluding hydrogens is 390 g/mol. The molecule has 3 N–H and O–H groups in total. The lowest BCUT2D eigenvalue weighted by molar-refractivity contribution is -0.147. The predicted molar refractivity (Wildman–Crippen MR) is 111 cm³/mol. The number of anilines is 3. The molecule has 30 heavy (non-hydrogen) atoms. The Labute approximate surface area is 173 Å². The topological polar surface area (TPSA) is 123 Å². The monoisotopic (exact) mass is 413 g/mol. The van der Waals surface area contributed by atoms with Gasteiger partial charge in [0.05, 0.1) is 13.5 Å². The summed E-state index contributed by atoms with van der Waals surface area (Å²) in [5, 5.41) is 7.83. The van der Waals surface area contributed by atoms with Crippen molar-refractivity contribution in [2.45, 2.75) is 19.8 Å². The molecule has 0 aliphatic carbocycles. The van der Waals surface area contributed by atoms with E-state index in [9.17, 15) is 19.2 Å². The van der Waals surface area contributed by atoms with Gasteiger partial charge in [-0.3, -0.25) is 19.2 Å². The molecule has 0 heterocycles. The zero-order valence-corrected chi connectivity index (χ0v) is 16.7. The van der Waals surface area contributed by atoms with E-state index in [2.05, 4.69) is 16.0 Å². The summed E-state index contributed by atoms with van der Waals surface area (Å²) in [5.41, 5.74) is 1.67. The van der Waals surface area contributed by atoms with Gasteiger partial charge in [-0.15, -0.1) is 0 Å². The predicted octanol–water partition coefficient (Wildman–Crippen LogP) is 2.55. The Kier molecular flexibility index (Phi) is 8.37. The Hall–Kier alpha value is -3.88. The van der Waals surface area contributed by atoms with Crippen LogP contribution in [0.15, 0.2) is 48.5 Å². The van der Waals surface area contributed by atoms with Crippen molar-refractivity contribution in [3.8, 4) is 5.75 Å². The molecule has 3 amide bonds. The van der Waals surface area contributed by atoms with E-state index in [1.165, 1.54) is 6.92 Å². The summed E-state index contributed by atoms with van der Waals surface area (Å²) in [6.07, 6.45) is -0.224. The molecule has 0 aromatic heterocycles. The summed E-state index contributed by atoms with van der Waals surface area (Å²) < 4.78 is 9.91. The molecule has 0 radical (unpaired) electrons. The van der Waals surface area contributed by atoms with E-state index in [-0.39, 0.29) is 24.7 Å². The maximum absolute atomic E-state index is 11.9. The van der Waals surface area contributed by atoms with Crippen molar-refractivity contribution in [2.24, 2.45) is 0 Å². The highest BCUT2D eigenvalue weighted by Crippen LogP contribution is 2.15. The number of hydrogen-bond donors (Lipinski definition) is 3. The van der Waals surface area contributed by atoms with Gasteiger partial charge in [-0.25, -0.2) is 0 Å². The van der Waals surface area contributed by atoms with Gasteiger partial charge in [0.15, 0.2) is 6.61 Å². The molecular formula is C21H23N3O6. The maximum Gasteiger partial charge on any atom is 0.306 e. The van der Waals surface area contributed by atoms with Crippen molar-refractivity contribution in [3.63, 3.8) is 0 Å². The van der Waals surface area contributed by atoms with Crippen LogP contribution in [0.25, 0.3) is 0 Å². The van der Waals surface area contributed by atoms with Crippen LogP contribution in [-0.4, -0.2) is 37.4 Å². The number of ether oxygens (including phenoxy) is 2. The van der Waals surface area contributed by atoms with Gasteiger partial charge in [-0.05, 0) is 48.5 Å². The highest BCUT2D eigenvalue weighted by molar-refractivity contribution is 5.95. The fourth-order valence-electron chi connectivity index (χ4n) is 2.37. The maximum atomic E-state index is 11.9. The first-order valence-electron chi connectivity index (χ1n) is 9.13. The van der Waals surface area contributed by atoms with E-state index < -0.39 is 18.5 Å². The molecule has 0 spiro atoms. The van der Waals surface area contributed by atoms with E-state index in [4.69, 9.17) is 9.47 Å². The van der Waals surface area contributed by atoms with Gasteiger partial charge in [0.2, 0.25) is 11.8 Å². The third-order valence-corrected chi connectivity index (χ3v) is 3.78. The van der Waals surface area contributed by atoms with Crippen molar-refractivity contribution >= 4 is 40.8 Å². The number of benzene rings is 2. The van der Waals surface area contributed by atoms with Crippen molar-refractivity contribution in [1.29, 1.82) is 0 Å². The number of rotatable bonds is 9. The molecule has 0 unspecified atom stereocenters. The Morgan fingerprint density at radius 3 is 1.77 bits per heavy atom. The SMILES string of the molecule is COc1ccc(NC(=O)CCC(=O)OCC(=O)Nc2ccc(NC(C)=O)cc2)cc1. The summed E-state index contributed by atoms with van der Waals surface area (Å²) >= 11 is 0. The summed E-state index contributed by atoms with van der Waals surface area (Å²) in [6, 6.07) is 13.2. The van der Waals surface area contributed by atoms with Gasteiger partial charge in [-0.1, -0.05) is 0 Å². The van der Waals surface area contributed by atoms with Gasteiger partial charge >= 0.3 is 5.97 Å². The second-order valence-corrected chi connectivity index (χ2v) is 6.24. The molecule has 0 saturated heterocycles. The molecule has 0 bridgehead atoms. The molecule has 158 valence electrons. The molecule has 9 heteroatoms. The lowest BCUT2D eigenvalue weighted by Crippen LogP contribution is -2.21. The van der Waals surface area contributed by atoms with E-state index in [0.29, 0.717) is 22.8 Å². The summed E-state index contributed by atoms with van der Waals surface area (Å²) in [6.45, 7) is 0.930. The quantitative estimate of drug-likeness (QED) is 0.543. The van der Waals surface area contributed by atoms with Crippen LogP contribution < -0.4 is 20.7 Å². The lowest BCUT2D eigenvalue weighted by Gasteiger charge is -2.08. The smallest absolute Gasteiger partial charge is 0.306 e.